The van der Waals surface area contributed by atoms with E-state index in [9.17, 15) is 0 Å². The number of hydrogen-bond donors (Lipinski definition) is 1. The molecule has 112 valence electrons. The Balaban J connectivity index is 2.16. The van der Waals surface area contributed by atoms with Crippen LogP contribution in [0.25, 0.3) is 0 Å². The monoisotopic (exact) mass is 349 g/mol. The molecule has 0 spiro atoms. The molecule has 0 saturated heterocycles. The summed E-state index contributed by atoms with van der Waals surface area (Å²) in [6.07, 6.45) is 0. The fourth-order valence-electron chi connectivity index (χ4n) is 2.14. The smallest absolute Gasteiger partial charge is 0.174 e. The van der Waals surface area contributed by atoms with Crippen LogP contribution in [0.5, 0.6) is 11.5 Å². The largest absolute Gasteiger partial charge is 0.492 e. The molecule has 0 aromatic heterocycles. The van der Waals surface area contributed by atoms with Gasteiger partial charge in [0.05, 0.1) is 18.2 Å². The number of rotatable bonds is 6. The second-order valence-corrected chi connectivity index (χ2v) is 5.62. The molecule has 0 aliphatic rings. The first-order valence-corrected chi connectivity index (χ1v) is 7.73. The maximum absolute atomic E-state index is 5.64. The lowest BCUT2D eigenvalue weighted by Gasteiger charge is -2.14. The molecule has 0 atom stereocenters. The minimum atomic E-state index is 0.609. The third-order valence-corrected chi connectivity index (χ3v) is 3.68. The van der Waals surface area contributed by atoms with E-state index in [1.54, 1.807) is 7.11 Å². The summed E-state index contributed by atoms with van der Waals surface area (Å²) >= 11 is 3.53. The molecule has 0 unspecified atom stereocenters. The number of aryl methyl sites for hydroxylation is 1. The fourth-order valence-corrected chi connectivity index (χ4v) is 2.79. The number of ether oxygens (including phenoxy) is 2. The molecule has 0 radical (unpaired) electrons. The van der Waals surface area contributed by atoms with Crippen molar-refractivity contribution >= 4 is 21.6 Å². The van der Waals surface area contributed by atoms with Crippen molar-refractivity contribution in [1.82, 2.24) is 0 Å². The highest BCUT2D eigenvalue weighted by Gasteiger charge is 2.11. The van der Waals surface area contributed by atoms with Crippen LogP contribution in [-0.2, 0) is 6.54 Å². The van der Waals surface area contributed by atoms with Gasteiger partial charge in [-0.15, -0.1) is 0 Å². The van der Waals surface area contributed by atoms with Crippen molar-refractivity contribution in [3.8, 4) is 11.5 Å². The van der Waals surface area contributed by atoms with Gasteiger partial charge in [0.1, 0.15) is 0 Å². The minimum Gasteiger partial charge on any atom is -0.492 e. The van der Waals surface area contributed by atoms with Crippen molar-refractivity contribution in [3.05, 3.63) is 52.0 Å². The number of methoxy groups -OCH3 is 1. The lowest BCUT2D eigenvalue weighted by atomic mass is 10.2. The number of anilines is 1. The predicted molar refractivity (Wildman–Crippen MR) is 90.4 cm³/mol. The standard InChI is InChI=1S/C17H20BrNO2/c1-4-21-16-10-13(9-15(18)17(16)20-3)11-19-14-7-5-6-12(2)8-14/h5-10,19H,4,11H2,1-3H3. The van der Waals surface area contributed by atoms with Crippen LogP contribution in [0, 0.1) is 6.92 Å². The van der Waals surface area contributed by atoms with Crippen LogP contribution in [0.2, 0.25) is 0 Å². The number of halogens is 1. The fraction of sp³-hybridized carbons (Fsp3) is 0.294. The van der Waals surface area contributed by atoms with E-state index < -0.39 is 0 Å². The lowest BCUT2D eigenvalue weighted by Crippen LogP contribution is -2.02. The number of hydrogen-bond acceptors (Lipinski definition) is 3. The molecule has 2 aromatic carbocycles. The van der Waals surface area contributed by atoms with E-state index >= 15 is 0 Å². The summed E-state index contributed by atoms with van der Waals surface area (Å²) in [5.41, 5.74) is 3.48. The Morgan fingerprint density at radius 3 is 2.67 bits per heavy atom. The van der Waals surface area contributed by atoms with Crippen molar-refractivity contribution in [1.29, 1.82) is 0 Å². The lowest BCUT2D eigenvalue weighted by molar-refractivity contribution is 0.309. The molecule has 2 rings (SSSR count). The summed E-state index contributed by atoms with van der Waals surface area (Å²) in [4.78, 5) is 0. The molecule has 21 heavy (non-hydrogen) atoms. The summed E-state index contributed by atoms with van der Waals surface area (Å²) < 4.78 is 11.9. The Labute approximate surface area is 134 Å². The minimum absolute atomic E-state index is 0.609. The Morgan fingerprint density at radius 2 is 2.00 bits per heavy atom. The van der Waals surface area contributed by atoms with Crippen LogP contribution in [-0.4, -0.2) is 13.7 Å². The molecule has 0 aliphatic heterocycles. The Bertz CT molecular complexity index is 614. The van der Waals surface area contributed by atoms with Crippen molar-refractivity contribution in [2.45, 2.75) is 20.4 Å². The van der Waals surface area contributed by atoms with Crippen LogP contribution >= 0.6 is 15.9 Å². The molecule has 0 saturated carbocycles. The highest BCUT2D eigenvalue weighted by Crippen LogP contribution is 2.36. The molecule has 1 N–H and O–H groups in total. The van der Waals surface area contributed by atoms with E-state index in [4.69, 9.17) is 9.47 Å². The molecule has 0 bridgehead atoms. The van der Waals surface area contributed by atoms with Crippen LogP contribution in [0.3, 0.4) is 0 Å². The topological polar surface area (TPSA) is 30.5 Å². The third-order valence-electron chi connectivity index (χ3n) is 3.09. The molecule has 0 heterocycles. The summed E-state index contributed by atoms with van der Waals surface area (Å²) in [6, 6.07) is 12.4. The van der Waals surface area contributed by atoms with E-state index in [2.05, 4.69) is 46.4 Å². The molecule has 4 heteroatoms. The highest BCUT2D eigenvalue weighted by molar-refractivity contribution is 9.10. The van der Waals surface area contributed by atoms with Gasteiger partial charge < -0.3 is 14.8 Å². The van der Waals surface area contributed by atoms with Crippen molar-refractivity contribution in [2.75, 3.05) is 19.0 Å². The first-order valence-electron chi connectivity index (χ1n) is 6.93. The van der Waals surface area contributed by atoms with Crippen molar-refractivity contribution in [2.24, 2.45) is 0 Å². The van der Waals surface area contributed by atoms with Crippen LogP contribution in [0.15, 0.2) is 40.9 Å². The highest BCUT2D eigenvalue weighted by atomic mass is 79.9. The average Bonchev–Trinajstić information content (AvgIpc) is 2.45. The third kappa shape index (κ3) is 4.14. The summed E-state index contributed by atoms with van der Waals surface area (Å²) in [7, 11) is 1.65. The molecule has 3 nitrogen and oxygen atoms in total. The van der Waals surface area contributed by atoms with E-state index in [1.165, 1.54) is 5.56 Å². The van der Waals surface area contributed by atoms with Crippen LogP contribution in [0.4, 0.5) is 5.69 Å². The molecule has 0 aliphatic carbocycles. The summed E-state index contributed by atoms with van der Waals surface area (Å²) in [5, 5.41) is 3.42. The van der Waals surface area contributed by atoms with E-state index in [-0.39, 0.29) is 0 Å². The van der Waals surface area contributed by atoms with E-state index in [1.807, 2.05) is 25.1 Å². The van der Waals surface area contributed by atoms with Gasteiger partial charge in [0, 0.05) is 12.2 Å². The van der Waals surface area contributed by atoms with Gasteiger partial charge in [0.15, 0.2) is 11.5 Å². The van der Waals surface area contributed by atoms with E-state index in [0.29, 0.717) is 6.61 Å². The Hall–Kier alpha value is -1.68. The molecule has 2 aromatic rings. The SMILES string of the molecule is CCOc1cc(CNc2cccc(C)c2)cc(Br)c1OC. The molecular weight excluding hydrogens is 330 g/mol. The second-order valence-electron chi connectivity index (χ2n) is 4.77. The maximum atomic E-state index is 5.64. The van der Waals surface area contributed by atoms with Crippen molar-refractivity contribution < 1.29 is 9.47 Å². The Morgan fingerprint density at radius 1 is 1.19 bits per heavy atom. The van der Waals surface area contributed by atoms with E-state index in [0.717, 1.165) is 33.8 Å². The van der Waals surface area contributed by atoms with Gasteiger partial charge in [0.2, 0.25) is 0 Å². The normalized spacial score (nSPS) is 10.3. The summed E-state index contributed by atoms with van der Waals surface area (Å²) in [6.45, 7) is 5.39. The van der Waals surface area contributed by atoms with Crippen LogP contribution < -0.4 is 14.8 Å². The van der Waals surface area contributed by atoms with Gasteiger partial charge in [-0.2, -0.15) is 0 Å². The van der Waals surface area contributed by atoms with Crippen molar-refractivity contribution in [3.63, 3.8) is 0 Å². The van der Waals surface area contributed by atoms with Gasteiger partial charge in [-0.3, -0.25) is 0 Å². The van der Waals surface area contributed by atoms with Gasteiger partial charge in [-0.05, 0) is 65.2 Å². The molecule has 0 amide bonds. The zero-order valence-corrected chi connectivity index (χ0v) is 14.2. The maximum Gasteiger partial charge on any atom is 0.174 e. The quantitative estimate of drug-likeness (QED) is 0.814. The van der Waals surface area contributed by atoms with Crippen LogP contribution in [0.1, 0.15) is 18.1 Å². The van der Waals surface area contributed by atoms with Gasteiger partial charge in [-0.25, -0.2) is 0 Å². The first-order chi connectivity index (χ1) is 10.1. The second kappa shape index (κ2) is 7.36. The first kappa shape index (κ1) is 15.7. The zero-order chi connectivity index (χ0) is 15.2. The molecular formula is C17H20BrNO2. The zero-order valence-electron chi connectivity index (χ0n) is 12.6. The molecule has 0 fully saturated rings. The summed E-state index contributed by atoms with van der Waals surface area (Å²) in [5.74, 6) is 1.49. The van der Waals surface area contributed by atoms with Gasteiger partial charge in [-0.1, -0.05) is 12.1 Å². The number of benzene rings is 2. The number of nitrogens with one attached hydrogen (secondary N) is 1. The van der Waals surface area contributed by atoms with Gasteiger partial charge >= 0.3 is 0 Å². The van der Waals surface area contributed by atoms with Gasteiger partial charge in [0.25, 0.3) is 0 Å². The predicted octanol–water partition coefficient (Wildman–Crippen LogP) is 4.78. The average molecular weight is 350 g/mol. The Kier molecular flexibility index (Phi) is 5.51.